The molecule has 2 aromatic rings. The van der Waals surface area contributed by atoms with Crippen LogP contribution in [0, 0.1) is 17.3 Å². The van der Waals surface area contributed by atoms with Crippen LogP contribution >= 0.6 is 11.3 Å². The SMILES string of the molecule is CC(C)=CC1C(C(=O)NCc2nc(-c3ccsc3)no2)C1(C)C. The van der Waals surface area contributed by atoms with E-state index >= 15 is 0 Å². The summed E-state index contributed by atoms with van der Waals surface area (Å²) < 4.78 is 5.20. The second kappa shape index (κ2) is 5.92. The monoisotopic (exact) mass is 331 g/mol. The highest BCUT2D eigenvalue weighted by Gasteiger charge is 2.60. The van der Waals surface area contributed by atoms with E-state index in [0.29, 0.717) is 17.6 Å². The van der Waals surface area contributed by atoms with E-state index < -0.39 is 0 Å². The molecule has 0 bridgehead atoms. The number of carbonyl (C=O) groups is 1. The summed E-state index contributed by atoms with van der Waals surface area (Å²) in [6.07, 6.45) is 2.19. The summed E-state index contributed by atoms with van der Waals surface area (Å²) >= 11 is 1.58. The van der Waals surface area contributed by atoms with Gasteiger partial charge in [0.2, 0.25) is 17.6 Å². The highest BCUT2D eigenvalue weighted by molar-refractivity contribution is 7.08. The lowest BCUT2D eigenvalue weighted by molar-refractivity contribution is -0.123. The molecule has 5 nitrogen and oxygen atoms in total. The maximum atomic E-state index is 12.4. The number of aromatic nitrogens is 2. The van der Waals surface area contributed by atoms with Crippen LogP contribution in [-0.4, -0.2) is 16.0 Å². The van der Waals surface area contributed by atoms with Gasteiger partial charge in [-0.2, -0.15) is 16.3 Å². The minimum Gasteiger partial charge on any atom is -0.347 e. The van der Waals surface area contributed by atoms with Crippen molar-refractivity contribution >= 4 is 17.2 Å². The number of hydrogen-bond donors (Lipinski definition) is 1. The standard InChI is InChI=1S/C17H21N3O2S/c1-10(2)7-12-14(17(12,3)4)16(21)18-8-13-19-15(20-22-13)11-5-6-23-9-11/h5-7,9,12,14H,8H2,1-4H3,(H,18,21). The molecule has 2 unspecified atom stereocenters. The second-order valence-electron chi connectivity index (χ2n) is 6.81. The summed E-state index contributed by atoms with van der Waals surface area (Å²) in [5.41, 5.74) is 2.19. The van der Waals surface area contributed by atoms with E-state index in [2.05, 4.69) is 49.2 Å². The number of nitrogens with one attached hydrogen (secondary N) is 1. The lowest BCUT2D eigenvalue weighted by atomic mass is 10.1. The van der Waals surface area contributed by atoms with Crippen LogP contribution in [0.3, 0.4) is 0 Å². The summed E-state index contributed by atoms with van der Waals surface area (Å²) in [5.74, 6) is 1.35. The number of allylic oxidation sites excluding steroid dienone is 2. The predicted octanol–water partition coefficient (Wildman–Crippen LogP) is 3.65. The Morgan fingerprint density at radius 2 is 2.26 bits per heavy atom. The summed E-state index contributed by atoms with van der Waals surface area (Å²) in [4.78, 5) is 16.7. The van der Waals surface area contributed by atoms with Crippen LogP contribution in [0.4, 0.5) is 0 Å². The zero-order valence-electron chi connectivity index (χ0n) is 13.8. The Bertz CT molecular complexity index is 727. The van der Waals surface area contributed by atoms with E-state index in [9.17, 15) is 4.79 Å². The predicted molar refractivity (Wildman–Crippen MR) is 89.6 cm³/mol. The van der Waals surface area contributed by atoms with Crippen LogP contribution in [0.5, 0.6) is 0 Å². The number of hydrogen-bond acceptors (Lipinski definition) is 5. The van der Waals surface area contributed by atoms with E-state index in [4.69, 9.17) is 4.52 Å². The zero-order valence-corrected chi connectivity index (χ0v) is 14.6. The van der Waals surface area contributed by atoms with Gasteiger partial charge in [-0.15, -0.1) is 0 Å². The summed E-state index contributed by atoms with van der Waals surface area (Å²) in [6, 6.07) is 1.94. The molecule has 1 fully saturated rings. The number of amides is 1. The molecule has 6 heteroatoms. The van der Waals surface area contributed by atoms with Crippen LogP contribution in [0.15, 0.2) is 33.0 Å². The van der Waals surface area contributed by atoms with Gasteiger partial charge in [-0.3, -0.25) is 4.79 Å². The average Bonchev–Trinajstić information content (AvgIpc) is 2.96. The Kier molecular flexibility index (Phi) is 4.10. The molecular weight excluding hydrogens is 310 g/mol. The second-order valence-corrected chi connectivity index (χ2v) is 7.59. The molecule has 2 heterocycles. The topological polar surface area (TPSA) is 68.0 Å². The molecule has 122 valence electrons. The minimum atomic E-state index is 0.0108. The van der Waals surface area contributed by atoms with Crippen LogP contribution in [0.2, 0.25) is 0 Å². The maximum Gasteiger partial charge on any atom is 0.246 e. The molecule has 1 aliphatic carbocycles. The molecule has 23 heavy (non-hydrogen) atoms. The molecule has 0 saturated heterocycles. The molecule has 0 radical (unpaired) electrons. The van der Waals surface area contributed by atoms with Crippen molar-refractivity contribution in [1.82, 2.24) is 15.5 Å². The first-order valence-electron chi connectivity index (χ1n) is 7.67. The molecule has 3 rings (SSSR count). The van der Waals surface area contributed by atoms with Gasteiger partial charge in [-0.05, 0) is 36.6 Å². The largest absolute Gasteiger partial charge is 0.347 e. The van der Waals surface area contributed by atoms with Gasteiger partial charge in [0.05, 0.1) is 12.5 Å². The molecule has 0 aliphatic heterocycles. The Hall–Kier alpha value is -1.95. The average molecular weight is 331 g/mol. The van der Waals surface area contributed by atoms with Crippen molar-refractivity contribution in [2.75, 3.05) is 0 Å². The molecule has 1 N–H and O–H groups in total. The number of carbonyl (C=O) groups excluding carboxylic acids is 1. The third kappa shape index (κ3) is 3.22. The van der Waals surface area contributed by atoms with Crippen molar-refractivity contribution in [1.29, 1.82) is 0 Å². The molecule has 2 aromatic heterocycles. The van der Waals surface area contributed by atoms with Crippen LogP contribution < -0.4 is 5.32 Å². The van der Waals surface area contributed by atoms with E-state index in [1.54, 1.807) is 11.3 Å². The van der Waals surface area contributed by atoms with Gasteiger partial charge in [-0.25, -0.2) is 0 Å². The van der Waals surface area contributed by atoms with Crippen LogP contribution in [0.1, 0.15) is 33.6 Å². The summed E-state index contributed by atoms with van der Waals surface area (Å²) in [6.45, 7) is 8.65. The number of rotatable bonds is 5. The molecule has 2 atom stereocenters. The van der Waals surface area contributed by atoms with E-state index in [1.807, 2.05) is 16.8 Å². The van der Waals surface area contributed by atoms with Gasteiger partial charge in [0.25, 0.3) is 0 Å². The first-order chi connectivity index (χ1) is 10.9. The third-order valence-electron chi connectivity index (χ3n) is 4.37. The lowest BCUT2D eigenvalue weighted by Crippen LogP contribution is -2.26. The maximum absolute atomic E-state index is 12.4. The van der Waals surface area contributed by atoms with Gasteiger partial charge in [0.15, 0.2) is 0 Å². The fourth-order valence-electron chi connectivity index (χ4n) is 2.96. The highest BCUT2D eigenvalue weighted by Crippen LogP contribution is 2.59. The number of nitrogens with zero attached hydrogens (tertiary/aromatic N) is 2. The van der Waals surface area contributed by atoms with Crippen molar-refractivity contribution in [3.63, 3.8) is 0 Å². The molecule has 1 saturated carbocycles. The molecule has 0 aromatic carbocycles. The van der Waals surface area contributed by atoms with Gasteiger partial charge in [-0.1, -0.05) is 30.7 Å². The van der Waals surface area contributed by atoms with Gasteiger partial charge >= 0.3 is 0 Å². The molecule has 1 amide bonds. The summed E-state index contributed by atoms with van der Waals surface area (Å²) in [5, 5.41) is 10.8. The van der Waals surface area contributed by atoms with Crippen LogP contribution in [0.25, 0.3) is 11.4 Å². The van der Waals surface area contributed by atoms with E-state index in [-0.39, 0.29) is 23.8 Å². The Morgan fingerprint density at radius 1 is 1.48 bits per heavy atom. The Balaban J connectivity index is 1.59. The van der Waals surface area contributed by atoms with Crippen molar-refractivity contribution in [2.45, 2.75) is 34.2 Å². The lowest BCUT2D eigenvalue weighted by Gasteiger charge is -2.03. The molecular formula is C17H21N3O2S. The van der Waals surface area contributed by atoms with Crippen LogP contribution in [-0.2, 0) is 11.3 Å². The van der Waals surface area contributed by atoms with E-state index in [1.165, 1.54) is 5.57 Å². The smallest absolute Gasteiger partial charge is 0.246 e. The summed E-state index contributed by atoms with van der Waals surface area (Å²) in [7, 11) is 0. The first kappa shape index (κ1) is 15.9. The van der Waals surface area contributed by atoms with Gasteiger partial charge in [0.1, 0.15) is 0 Å². The molecule has 1 aliphatic rings. The number of thiophene rings is 1. The van der Waals surface area contributed by atoms with Crippen molar-refractivity contribution in [3.05, 3.63) is 34.4 Å². The van der Waals surface area contributed by atoms with Crippen molar-refractivity contribution < 1.29 is 9.32 Å². The van der Waals surface area contributed by atoms with Gasteiger partial charge < -0.3 is 9.84 Å². The van der Waals surface area contributed by atoms with E-state index in [0.717, 1.165) is 5.56 Å². The highest BCUT2D eigenvalue weighted by atomic mass is 32.1. The normalized spacial score (nSPS) is 21.7. The quantitative estimate of drug-likeness (QED) is 0.849. The third-order valence-corrected chi connectivity index (χ3v) is 5.05. The minimum absolute atomic E-state index is 0.0108. The zero-order chi connectivity index (χ0) is 16.6. The first-order valence-corrected chi connectivity index (χ1v) is 8.62. The molecule has 0 spiro atoms. The fourth-order valence-corrected chi connectivity index (χ4v) is 3.59. The van der Waals surface area contributed by atoms with Crippen molar-refractivity contribution in [3.8, 4) is 11.4 Å². The van der Waals surface area contributed by atoms with Crippen molar-refractivity contribution in [2.24, 2.45) is 17.3 Å². The Labute approximate surface area is 139 Å². The van der Waals surface area contributed by atoms with Gasteiger partial charge in [0, 0.05) is 10.9 Å². The fraction of sp³-hybridized carbons (Fsp3) is 0.471. The Morgan fingerprint density at radius 3 is 2.91 bits per heavy atom.